The van der Waals surface area contributed by atoms with Gasteiger partial charge in [-0.25, -0.2) is 4.98 Å². The topological polar surface area (TPSA) is 67.0 Å². The fourth-order valence-electron chi connectivity index (χ4n) is 1.52. The van der Waals surface area contributed by atoms with E-state index in [1.54, 1.807) is 0 Å². The van der Waals surface area contributed by atoms with Gasteiger partial charge in [0.1, 0.15) is 5.02 Å². The minimum Gasteiger partial charge on any atom is -0.381 e. The standard InChI is InChI=1S/C9H12ClN3O2/c10-7-8(11-5-12-9(7)14)13-6-1-3-15-4-2-6/h5-6H,1-4H2,(H2,11,12,13,14). The molecule has 2 heterocycles. The van der Waals surface area contributed by atoms with E-state index >= 15 is 0 Å². The summed E-state index contributed by atoms with van der Waals surface area (Å²) in [6, 6.07) is 0.283. The lowest BCUT2D eigenvalue weighted by Gasteiger charge is -2.23. The van der Waals surface area contributed by atoms with Gasteiger partial charge in [-0.15, -0.1) is 0 Å². The maximum atomic E-state index is 11.2. The molecular formula is C9H12ClN3O2. The van der Waals surface area contributed by atoms with Crippen LogP contribution in [-0.4, -0.2) is 29.2 Å². The molecule has 82 valence electrons. The fraction of sp³-hybridized carbons (Fsp3) is 0.556. The van der Waals surface area contributed by atoms with E-state index in [0.29, 0.717) is 5.82 Å². The first-order valence-corrected chi connectivity index (χ1v) is 5.22. The Bertz CT molecular complexity index is 387. The molecule has 0 aliphatic carbocycles. The van der Waals surface area contributed by atoms with Crippen molar-refractivity contribution >= 4 is 17.4 Å². The van der Waals surface area contributed by atoms with Crippen LogP contribution >= 0.6 is 11.6 Å². The Morgan fingerprint density at radius 3 is 3.00 bits per heavy atom. The van der Waals surface area contributed by atoms with E-state index in [0.717, 1.165) is 26.1 Å². The highest BCUT2D eigenvalue weighted by Crippen LogP contribution is 2.17. The number of anilines is 1. The summed E-state index contributed by atoms with van der Waals surface area (Å²) < 4.78 is 5.23. The Balaban J connectivity index is 2.09. The summed E-state index contributed by atoms with van der Waals surface area (Å²) in [5.74, 6) is 0.451. The third-order valence-electron chi connectivity index (χ3n) is 2.36. The number of rotatable bonds is 2. The van der Waals surface area contributed by atoms with Crippen molar-refractivity contribution in [2.45, 2.75) is 18.9 Å². The molecule has 0 unspecified atom stereocenters. The molecule has 1 aromatic heterocycles. The third-order valence-corrected chi connectivity index (χ3v) is 2.71. The monoisotopic (exact) mass is 229 g/mol. The molecule has 0 amide bonds. The van der Waals surface area contributed by atoms with Crippen LogP contribution in [0.4, 0.5) is 5.82 Å². The molecule has 2 rings (SSSR count). The van der Waals surface area contributed by atoms with Crippen LogP contribution in [0.3, 0.4) is 0 Å². The largest absolute Gasteiger partial charge is 0.381 e. The van der Waals surface area contributed by atoms with Crippen LogP contribution < -0.4 is 10.9 Å². The summed E-state index contributed by atoms with van der Waals surface area (Å²) >= 11 is 5.81. The van der Waals surface area contributed by atoms with E-state index in [-0.39, 0.29) is 16.6 Å². The van der Waals surface area contributed by atoms with Crippen molar-refractivity contribution in [3.8, 4) is 0 Å². The number of hydrogen-bond acceptors (Lipinski definition) is 4. The number of aromatic nitrogens is 2. The maximum absolute atomic E-state index is 11.2. The van der Waals surface area contributed by atoms with Crippen molar-refractivity contribution < 1.29 is 4.74 Å². The summed E-state index contributed by atoms with van der Waals surface area (Å²) in [7, 11) is 0. The van der Waals surface area contributed by atoms with Gasteiger partial charge in [-0.05, 0) is 12.8 Å². The van der Waals surface area contributed by atoms with E-state index in [2.05, 4.69) is 15.3 Å². The minimum atomic E-state index is -0.318. The number of ether oxygens (including phenoxy) is 1. The van der Waals surface area contributed by atoms with Crippen molar-refractivity contribution in [2.75, 3.05) is 18.5 Å². The lowest BCUT2D eigenvalue weighted by molar-refractivity contribution is 0.0904. The van der Waals surface area contributed by atoms with Gasteiger partial charge in [0.25, 0.3) is 5.56 Å². The first-order valence-electron chi connectivity index (χ1n) is 4.85. The molecule has 0 saturated carbocycles. The Morgan fingerprint density at radius 1 is 1.53 bits per heavy atom. The first-order chi connectivity index (χ1) is 7.27. The molecule has 5 nitrogen and oxygen atoms in total. The van der Waals surface area contributed by atoms with Crippen molar-refractivity contribution in [2.24, 2.45) is 0 Å². The van der Waals surface area contributed by atoms with E-state index in [1.165, 1.54) is 6.33 Å². The quantitative estimate of drug-likeness (QED) is 0.795. The maximum Gasteiger partial charge on any atom is 0.271 e. The zero-order valence-electron chi connectivity index (χ0n) is 8.12. The molecule has 1 saturated heterocycles. The van der Waals surface area contributed by atoms with E-state index < -0.39 is 0 Å². The van der Waals surface area contributed by atoms with Gasteiger partial charge < -0.3 is 15.0 Å². The second kappa shape index (κ2) is 4.63. The lowest BCUT2D eigenvalue weighted by atomic mass is 10.1. The summed E-state index contributed by atoms with van der Waals surface area (Å²) in [5.41, 5.74) is -0.318. The number of nitrogens with zero attached hydrogens (tertiary/aromatic N) is 1. The summed E-state index contributed by atoms with van der Waals surface area (Å²) in [4.78, 5) is 17.6. The minimum absolute atomic E-state index is 0.115. The van der Waals surface area contributed by atoms with Crippen LogP contribution in [0.5, 0.6) is 0 Å². The molecule has 15 heavy (non-hydrogen) atoms. The second-order valence-corrected chi connectivity index (χ2v) is 3.80. The Labute approximate surface area is 91.8 Å². The average molecular weight is 230 g/mol. The van der Waals surface area contributed by atoms with Gasteiger partial charge in [-0.2, -0.15) is 0 Å². The van der Waals surface area contributed by atoms with Gasteiger partial charge in [-0.3, -0.25) is 4.79 Å². The average Bonchev–Trinajstić information content (AvgIpc) is 2.26. The molecule has 1 aromatic rings. The number of hydrogen-bond donors (Lipinski definition) is 2. The Hall–Kier alpha value is -1.07. The van der Waals surface area contributed by atoms with Gasteiger partial charge >= 0.3 is 0 Å². The Morgan fingerprint density at radius 2 is 2.27 bits per heavy atom. The van der Waals surface area contributed by atoms with Crippen LogP contribution in [-0.2, 0) is 4.74 Å². The SMILES string of the molecule is O=c1[nH]cnc(NC2CCOCC2)c1Cl. The zero-order chi connectivity index (χ0) is 10.7. The van der Waals surface area contributed by atoms with E-state index in [1.807, 2.05) is 0 Å². The lowest BCUT2D eigenvalue weighted by Crippen LogP contribution is -2.29. The predicted octanol–water partition coefficient (Wildman–Crippen LogP) is 1.01. The molecule has 6 heteroatoms. The second-order valence-electron chi connectivity index (χ2n) is 3.43. The van der Waals surface area contributed by atoms with Crippen molar-refractivity contribution in [3.05, 3.63) is 21.7 Å². The van der Waals surface area contributed by atoms with Crippen LogP contribution in [0.15, 0.2) is 11.1 Å². The number of H-pyrrole nitrogens is 1. The molecule has 0 radical (unpaired) electrons. The molecule has 0 bridgehead atoms. The van der Waals surface area contributed by atoms with Crippen LogP contribution in [0.25, 0.3) is 0 Å². The zero-order valence-corrected chi connectivity index (χ0v) is 8.88. The third kappa shape index (κ3) is 2.49. The smallest absolute Gasteiger partial charge is 0.271 e. The van der Waals surface area contributed by atoms with E-state index in [4.69, 9.17) is 16.3 Å². The number of halogens is 1. The molecule has 1 fully saturated rings. The van der Waals surface area contributed by atoms with Crippen molar-refractivity contribution in [3.63, 3.8) is 0 Å². The number of nitrogens with one attached hydrogen (secondary N) is 2. The number of aromatic amines is 1. The van der Waals surface area contributed by atoms with Crippen LogP contribution in [0.1, 0.15) is 12.8 Å². The van der Waals surface area contributed by atoms with Gasteiger partial charge in [0.2, 0.25) is 0 Å². The van der Waals surface area contributed by atoms with Crippen molar-refractivity contribution in [1.29, 1.82) is 0 Å². The summed E-state index contributed by atoms with van der Waals surface area (Å²) in [6.07, 6.45) is 3.16. The summed E-state index contributed by atoms with van der Waals surface area (Å²) in [5, 5.41) is 3.26. The molecule has 1 aliphatic heterocycles. The summed E-state index contributed by atoms with van der Waals surface area (Å²) in [6.45, 7) is 1.47. The van der Waals surface area contributed by atoms with Gasteiger partial charge in [0.05, 0.1) is 6.33 Å². The van der Waals surface area contributed by atoms with Gasteiger partial charge in [0.15, 0.2) is 5.82 Å². The molecule has 0 aromatic carbocycles. The van der Waals surface area contributed by atoms with Gasteiger partial charge in [-0.1, -0.05) is 11.6 Å². The molecule has 2 N–H and O–H groups in total. The van der Waals surface area contributed by atoms with E-state index in [9.17, 15) is 4.79 Å². The Kier molecular flexibility index (Phi) is 3.23. The molecule has 0 spiro atoms. The molecule has 0 atom stereocenters. The molecular weight excluding hydrogens is 218 g/mol. The first kappa shape index (κ1) is 10.4. The molecule has 1 aliphatic rings. The highest BCUT2D eigenvalue weighted by Gasteiger charge is 2.15. The van der Waals surface area contributed by atoms with Crippen LogP contribution in [0, 0.1) is 0 Å². The van der Waals surface area contributed by atoms with Crippen molar-refractivity contribution in [1.82, 2.24) is 9.97 Å². The van der Waals surface area contributed by atoms with Crippen LogP contribution in [0.2, 0.25) is 5.02 Å². The van der Waals surface area contributed by atoms with Gasteiger partial charge in [0, 0.05) is 19.3 Å². The highest BCUT2D eigenvalue weighted by atomic mass is 35.5. The predicted molar refractivity (Wildman–Crippen MR) is 57.3 cm³/mol. The normalized spacial score (nSPS) is 17.7. The highest BCUT2D eigenvalue weighted by molar-refractivity contribution is 6.32. The fourth-order valence-corrected chi connectivity index (χ4v) is 1.68.